The Labute approximate surface area is 184 Å². The van der Waals surface area contributed by atoms with Crippen LogP contribution in [0.25, 0.3) is 0 Å². The number of halogens is 3. The molecule has 4 rings (SSSR count). The van der Waals surface area contributed by atoms with Gasteiger partial charge >= 0.3 is 0 Å². The Morgan fingerprint density at radius 2 is 1.50 bits per heavy atom. The van der Waals surface area contributed by atoms with Crippen molar-refractivity contribution in [3.05, 3.63) is 101 Å². The fourth-order valence-electron chi connectivity index (χ4n) is 4.14. The first-order valence-electron chi connectivity index (χ1n) is 10.4. The molecule has 3 aromatic carbocycles. The molecular weight excluding hydrogens is 419 g/mol. The minimum Gasteiger partial charge on any atom is -0.505 e. The Morgan fingerprint density at radius 3 is 2.06 bits per heavy atom. The molecule has 1 aliphatic rings. The highest BCUT2D eigenvalue weighted by atomic mass is 19.1. The maximum atomic E-state index is 14.0. The lowest BCUT2D eigenvalue weighted by Crippen LogP contribution is -2.50. The molecule has 3 unspecified atom stereocenters. The van der Waals surface area contributed by atoms with Gasteiger partial charge in [-0.2, -0.15) is 0 Å². The van der Waals surface area contributed by atoms with E-state index in [2.05, 4.69) is 5.32 Å². The predicted octanol–water partition coefficient (Wildman–Crippen LogP) is 4.25. The van der Waals surface area contributed by atoms with Crippen molar-refractivity contribution in [1.82, 2.24) is 5.32 Å². The lowest BCUT2D eigenvalue weighted by Gasteiger charge is -2.38. The Kier molecular flexibility index (Phi) is 6.79. The molecule has 0 bridgehead atoms. The van der Waals surface area contributed by atoms with Crippen LogP contribution >= 0.6 is 0 Å². The van der Waals surface area contributed by atoms with Crippen molar-refractivity contribution in [2.75, 3.05) is 6.61 Å². The van der Waals surface area contributed by atoms with Gasteiger partial charge in [-0.1, -0.05) is 36.4 Å². The molecule has 0 aliphatic carbocycles. The quantitative estimate of drug-likeness (QED) is 0.533. The van der Waals surface area contributed by atoms with E-state index >= 15 is 0 Å². The number of hydrogen-bond acceptors (Lipinski definition) is 4. The molecule has 3 N–H and O–H groups in total. The van der Waals surface area contributed by atoms with E-state index in [1.807, 2.05) is 0 Å². The number of rotatable bonds is 6. The van der Waals surface area contributed by atoms with Crippen LogP contribution in [0, 0.1) is 17.5 Å². The molecule has 1 saturated heterocycles. The van der Waals surface area contributed by atoms with Gasteiger partial charge in [0, 0.05) is 24.4 Å². The molecule has 1 aliphatic heterocycles. The van der Waals surface area contributed by atoms with E-state index in [0.29, 0.717) is 0 Å². The molecule has 1 fully saturated rings. The molecule has 3 aromatic rings. The minimum absolute atomic E-state index is 0.120. The van der Waals surface area contributed by atoms with E-state index in [4.69, 9.17) is 4.74 Å². The molecule has 0 amide bonds. The van der Waals surface area contributed by atoms with Crippen LogP contribution in [0.5, 0.6) is 5.75 Å². The summed E-state index contributed by atoms with van der Waals surface area (Å²) in [6.45, 7) is 0.292. The summed E-state index contributed by atoms with van der Waals surface area (Å²) in [6, 6.07) is 16.0. The third-order valence-corrected chi connectivity index (χ3v) is 5.87. The zero-order chi connectivity index (χ0) is 22.7. The zero-order valence-electron chi connectivity index (χ0n) is 17.2. The lowest BCUT2D eigenvalue weighted by atomic mass is 9.82. The van der Waals surface area contributed by atoms with Crippen molar-refractivity contribution in [3.8, 4) is 5.75 Å². The smallest absolute Gasteiger partial charge is 0.169 e. The van der Waals surface area contributed by atoms with Gasteiger partial charge in [0.05, 0.1) is 24.9 Å². The fourth-order valence-corrected chi connectivity index (χ4v) is 4.14. The second kappa shape index (κ2) is 9.73. The SMILES string of the molecule is Oc1cccc(CNC2COC(C(c3ccc(F)cc3)c3ccc(F)cc3)CC2O)c1F. The third-order valence-electron chi connectivity index (χ3n) is 5.87. The zero-order valence-corrected chi connectivity index (χ0v) is 17.2. The van der Waals surface area contributed by atoms with Crippen molar-refractivity contribution >= 4 is 0 Å². The highest BCUT2D eigenvalue weighted by molar-refractivity contribution is 5.35. The summed E-state index contributed by atoms with van der Waals surface area (Å²) in [6.07, 6.45) is -0.923. The van der Waals surface area contributed by atoms with Gasteiger partial charge in [0.15, 0.2) is 11.6 Å². The van der Waals surface area contributed by atoms with Crippen molar-refractivity contribution in [2.45, 2.75) is 37.1 Å². The van der Waals surface area contributed by atoms with Crippen LogP contribution in [0.4, 0.5) is 13.2 Å². The van der Waals surface area contributed by atoms with Crippen molar-refractivity contribution in [1.29, 1.82) is 0 Å². The van der Waals surface area contributed by atoms with Gasteiger partial charge in [-0.25, -0.2) is 13.2 Å². The number of ether oxygens (including phenoxy) is 1. The molecule has 4 nitrogen and oxygen atoms in total. The average Bonchev–Trinajstić information content (AvgIpc) is 2.78. The van der Waals surface area contributed by atoms with Crippen molar-refractivity contribution in [2.24, 2.45) is 0 Å². The summed E-state index contributed by atoms with van der Waals surface area (Å²) in [5.41, 5.74) is 1.88. The number of phenols is 1. The highest BCUT2D eigenvalue weighted by Crippen LogP contribution is 2.35. The van der Waals surface area contributed by atoms with Gasteiger partial charge in [-0.15, -0.1) is 0 Å². The second-order valence-electron chi connectivity index (χ2n) is 7.99. The topological polar surface area (TPSA) is 61.7 Å². The number of aromatic hydroxyl groups is 1. The number of aliphatic hydroxyl groups excluding tert-OH is 1. The number of nitrogens with one attached hydrogen (secondary N) is 1. The van der Waals surface area contributed by atoms with Gasteiger partial charge in [-0.05, 0) is 41.5 Å². The molecule has 168 valence electrons. The summed E-state index contributed by atoms with van der Waals surface area (Å²) in [5, 5.41) is 23.4. The van der Waals surface area contributed by atoms with Crippen LogP contribution < -0.4 is 5.32 Å². The van der Waals surface area contributed by atoms with Crippen LogP contribution in [-0.2, 0) is 11.3 Å². The average molecular weight is 443 g/mol. The lowest BCUT2D eigenvalue weighted by molar-refractivity contribution is -0.0718. The standard InChI is InChI=1S/C25H24F3NO3/c26-18-8-4-15(5-9-18)24(16-6-10-19(27)11-7-16)23-12-22(31)20(14-32-23)29-13-17-2-1-3-21(30)25(17)28/h1-11,20,22-24,29-31H,12-14H2. The first kappa shape index (κ1) is 22.3. The molecular formula is C25H24F3NO3. The third kappa shape index (κ3) is 4.96. The minimum atomic E-state index is -0.780. The van der Waals surface area contributed by atoms with Gasteiger partial charge in [0.2, 0.25) is 0 Å². The molecule has 0 radical (unpaired) electrons. The largest absolute Gasteiger partial charge is 0.505 e. The van der Waals surface area contributed by atoms with E-state index in [-0.39, 0.29) is 42.7 Å². The normalized spacial score (nSPS) is 21.1. The first-order valence-corrected chi connectivity index (χ1v) is 10.4. The highest BCUT2D eigenvalue weighted by Gasteiger charge is 2.35. The predicted molar refractivity (Wildman–Crippen MR) is 114 cm³/mol. The summed E-state index contributed by atoms with van der Waals surface area (Å²) in [4.78, 5) is 0. The van der Waals surface area contributed by atoms with Gasteiger partial charge in [0.25, 0.3) is 0 Å². The summed E-state index contributed by atoms with van der Waals surface area (Å²) < 4.78 is 47.0. The maximum Gasteiger partial charge on any atom is 0.169 e. The summed E-state index contributed by atoms with van der Waals surface area (Å²) >= 11 is 0. The number of benzene rings is 3. The molecule has 7 heteroatoms. The Bertz CT molecular complexity index is 998. The Morgan fingerprint density at radius 1 is 0.906 bits per heavy atom. The van der Waals surface area contributed by atoms with E-state index < -0.39 is 29.8 Å². The van der Waals surface area contributed by atoms with Crippen LogP contribution in [0.2, 0.25) is 0 Å². The van der Waals surface area contributed by atoms with E-state index in [0.717, 1.165) is 11.1 Å². The first-order chi connectivity index (χ1) is 15.4. The fraction of sp³-hybridized carbons (Fsp3) is 0.280. The van der Waals surface area contributed by atoms with Crippen LogP contribution in [0.3, 0.4) is 0 Å². The summed E-state index contributed by atoms with van der Waals surface area (Å²) in [7, 11) is 0. The molecule has 0 saturated carbocycles. The summed E-state index contributed by atoms with van der Waals surface area (Å²) in [5.74, 6) is -2.17. The van der Waals surface area contributed by atoms with Crippen LogP contribution in [0.1, 0.15) is 29.0 Å². The van der Waals surface area contributed by atoms with Gasteiger partial charge in [0.1, 0.15) is 11.6 Å². The van der Waals surface area contributed by atoms with Crippen LogP contribution in [-0.4, -0.2) is 35.1 Å². The van der Waals surface area contributed by atoms with E-state index in [1.165, 1.54) is 30.3 Å². The van der Waals surface area contributed by atoms with E-state index in [1.54, 1.807) is 36.4 Å². The number of hydrogen-bond donors (Lipinski definition) is 3. The van der Waals surface area contributed by atoms with E-state index in [9.17, 15) is 23.4 Å². The molecule has 0 spiro atoms. The molecule has 32 heavy (non-hydrogen) atoms. The van der Waals surface area contributed by atoms with Crippen molar-refractivity contribution < 1.29 is 28.1 Å². The Balaban J connectivity index is 1.49. The maximum absolute atomic E-state index is 14.0. The van der Waals surface area contributed by atoms with Gasteiger partial charge in [-0.3, -0.25) is 0 Å². The van der Waals surface area contributed by atoms with Crippen LogP contribution in [0.15, 0.2) is 66.7 Å². The molecule has 0 aromatic heterocycles. The number of aliphatic hydroxyl groups is 1. The molecule has 3 atom stereocenters. The monoisotopic (exact) mass is 443 g/mol. The second-order valence-corrected chi connectivity index (χ2v) is 7.99. The molecule has 1 heterocycles. The Hall–Kier alpha value is -2.87. The number of phenolic OH excluding ortho intramolecular Hbond substituents is 1. The van der Waals surface area contributed by atoms with Crippen molar-refractivity contribution in [3.63, 3.8) is 0 Å². The van der Waals surface area contributed by atoms with Gasteiger partial charge < -0.3 is 20.3 Å².